The first-order valence-corrected chi connectivity index (χ1v) is 13.2. The van der Waals surface area contributed by atoms with Gasteiger partial charge in [-0.3, -0.25) is 14.9 Å². The van der Waals surface area contributed by atoms with Crippen LogP contribution in [-0.4, -0.2) is 22.5 Å². The van der Waals surface area contributed by atoms with Crippen LogP contribution < -0.4 is 10.7 Å². The minimum absolute atomic E-state index is 0.242. The number of rotatable bonds is 5. The maximum Gasteiger partial charge on any atom is 0.293 e. The summed E-state index contributed by atoms with van der Waals surface area (Å²) >= 11 is 1.41. The van der Waals surface area contributed by atoms with Gasteiger partial charge in [-0.05, 0) is 55.2 Å². The second-order valence-corrected chi connectivity index (χ2v) is 10.1. The normalized spacial score (nSPS) is 13.9. The van der Waals surface area contributed by atoms with Gasteiger partial charge in [-0.15, -0.1) is 0 Å². The number of carbonyl (C=O) groups is 2. The molecule has 5 aromatic rings. The maximum atomic E-state index is 13.1. The number of furan rings is 1. The number of hydrazone groups is 1. The summed E-state index contributed by atoms with van der Waals surface area (Å²) in [7, 11) is 0. The molecule has 0 radical (unpaired) electrons. The van der Waals surface area contributed by atoms with Gasteiger partial charge in [0.1, 0.15) is 5.76 Å². The van der Waals surface area contributed by atoms with Crippen LogP contribution in [0.25, 0.3) is 21.3 Å². The van der Waals surface area contributed by atoms with Gasteiger partial charge in [0.05, 0.1) is 15.9 Å². The van der Waals surface area contributed by atoms with Gasteiger partial charge in [0.2, 0.25) is 0 Å². The Labute approximate surface area is 223 Å². The van der Waals surface area contributed by atoms with Gasteiger partial charge in [0, 0.05) is 23.1 Å². The number of aromatic nitrogens is 1. The van der Waals surface area contributed by atoms with Crippen molar-refractivity contribution in [3.63, 3.8) is 0 Å². The summed E-state index contributed by atoms with van der Waals surface area (Å²) in [6.07, 6.45) is 2.21. The molecule has 0 spiro atoms. The lowest BCUT2D eigenvalue weighted by atomic mass is 9.93. The number of nitrogens with zero attached hydrogens (tertiary/aromatic N) is 2. The summed E-state index contributed by atoms with van der Waals surface area (Å²) in [5.74, 6) is 0.312. The van der Waals surface area contributed by atoms with Crippen molar-refractivity contribution in [1.82, 2.24) is 10.4 Å². The summed E-state index contributed by atoms with van der Waals surface area (Å²) in [6, 6.07) is 25.2. The van der Waals surface area contributed by atoms with Crippen LogP contribution in [0, 0.1) is 6.92 Å². The lowest BCUT2D eigenvalue weighted by Crippen LogP contribution is -2.22. The molecule has 2 heterocycles. The van der Waals surface area contributed by atoms with Crippen molar-refractivity contribution in [2.75, 3.05) is 5.32 Å². The van der Waals surface area contributed by atoms with Crippen molar-refractivity contribution in [3.05, 3.63) is 107 Å². The smallest absolute Gasteiger partial charge is 0.293 e. The zero-order valence-electron chi connectivity index (χ0n) is 20.7. The van der Waals surface area contributed by atoms with Crippen LogP contribution >= 0.6 is 11.3 Å². The van der Waals surface area contributed by atoms with Gasteiger partial charge in [0.15, 0.2) is 10.9 Å². The van der Waals surface area contributed by atoms with Crippen molar-refractivity contribution in [3.8, 4) is 11.1 Å². The van der Waals surface area contributed by atoms with E-state index in [-0.39, 0.29) is 17.6 Å². The second kappa shape index (κ2) is 10.1. The number of thiazole rings is 1. The van der Waals surface area contributed by atoms with E-state index in [1.165, 1.54) is 11.3 Å². The van der Waals surface area contributed by atoms with Crippen molar-refractivity contribution in [1.29, 1.82) is 0 Å². The number of benzene rings is 3. The fourth-order valence-electron chi connectivity index (χ4n) is 4.70. The predicted octanol–water partition coefficient (Wildman–Crippen LogP) is 6.59. The highest BCUT2D eigenvalue weighted by Crippen LogP contribution is 2.31. The third-order valence-corrected chi connectivity index (χ3v) is 7.54. The number of nitrogens with one attached hydrogen (secondary N) is 2. The number of amides is 2. The fourth-order valence-corrected chi connectivity index (χ4v) is 5.56. The fraction of sp³-hybridized carbons (Fsp3) is 0.133. The molecule has 2 N–H and O–H groups in total. The van der Waals surface area contributed by atoms with Gasteiger partial charge in [-0.2, -0.15) is 5.10 Å². The van der Waals surface area contributed by atoms with E-state index in [0.717, 1.165) is 33.3 Å². The molecular formula is C30H24N4O3S. The topological polar surface area (TPSA) is 96.6 Å². The van der Waals surface area contributed by atoms with Crippen LogP contribution in [0.4, 0.5) is 5.13 Å². The molecule has 0 saturated heterocycles. The van der Waals surface area contributed by atoms with Gasteiger partial charge < -0.3 is 4.42 Å². The van der Waals surface area contributed by atoms with Gasteiger partial charge in [-0.1, -0.05) is 65.9 Å². The van der Waals surface area contributed by atoms with Crippen LogP contribution in [0.15, 0.2) is 88.4 Å². The number of carbonyl (C=O) groups excluding carboxylic acids is 2. The highest BCUT2D eigenvalue weighted by Gasteiger charge is 2.28. The number of anilines is 1. The molecule has 0 saturated carbocycles. The zero-order valence-corrected chi connectivity index (χ0v) is 21.5. The van der Waals surface area contributed by atoms with Crippen molar-refractivity contribution in [2.45, 2.75) is 26.2 Å². The minimum atomic E-state index is -0.349. The predicted molar refractivity (Wildman–Crippen MR) is 150 cm³/mol. The van der Waals surface area contributed by atoms with E-state index in [2.05, 4.69) is 20.8 Å². The average Bonchev–Trinajstić information content (AvgIpc) is 3.52. The van der Waals surface area contributed by atoms with Crippen LogP contribution in [0.5, 0.6) is 0 Å². The summed E-state index contributed by atoms with van der Waals surface area (Å²) in [4.78, 5) is 30.4. The highest BCUT2D eigenvalue weighted by atomic mass is 32.1. The zero-order chi connectivity index (χ0) is 26.1. The molecule has 8 heteroatoms. The maximum absolute atomic E-state index is 13.1. The van der Waals surface area contributed by atoms with Crippen LogP contribution in [-0.2, 0) is 6.42 Å². The molecule has 2 aromatic heterocycles. The first-order valence-electron chi connectivity index (χ1n) is 12.4. The molecule has 1 aliphatic carbocycles. The molecule has 0 aliphatic heterocycles. The highest BCUT2D eigenvalue weighted by molar-refractivity contribution is 7.22. The summed E-state index contributed by atoms with van der Waals surface area (Å²) < 4.78 is 6.99. The molecular weight excluding hydrogens is 496 g/mol. The number of para-hydroxylation sites is 1. The Hall–Kier alpha value is -4.56. The molecule has 188 valence electrons. The van der Waals surface area contributed by atoms with Crippen molar-refractivity contribution in [2.24, 2.45) is 5.10 Å². The van der Waals surface area contributed by atoms with Gasteiger partial charge in [0.25, 0.3) is 11.8 Å². The quantitative estimate of drug-likeness (QED) is 0.256. The third-order valence-electron chi connectivity index (χ3n) is 6.59. The van der Waals surface area contributed by atoms with Crippen molar-refractivity contribution >= 4 is 44.2 Å². The lowest BCUT2D eigenvalue weighted by molar-refractivity contribution is 0.0953. The number of hydrogen-bond donors (Lipinski definition) is 2. The van der Waals surface area contributed by atoms with E-state index in [9.17, 15) is 9.59 Å². The Bertz CT molecular complexity index is 1650. The molecule has 0 unspecified atom stereocenters. The summed E-state index contributed by atoms with van der Waals surface area (Å²) in [6.45, 7) is 1.85. The SMILES string of the molecule is Cc1c(C(=O)Nc2nc3ccccc3s2)oc2c1/C(=N/NC(=O)c1ccc(-c3ccccc3)cc1)CCC2. The Morgan fingerprint density at radius 3 is 2.42 bits per heavy atom. The first-order chi connectivity index (χ1) is 18.6. The first kappa shape index (κ1) is 23.8. The Morgan fingerprint density at radius 1 is 0.895 bits per heavy atom. The minimum Gasteiger partial charge on any atom is -0.455 e. The third kappa shape index (κ3) is 4.62. The molecule has 0 bridgehead atoms. The van der Waals surface area contributed by atoms with Gasteiger partial charge >= 0.3 is 0 Å². The standard InChI is InChI=1S/C30H24N4O3S/c1-18-26-23(33-34-28(35)21-16-14-20(15-17-21)19-8-3-2-4-9-19)11-7-12-24(26)37-27(18)29(36)32-30-31-22-10-5-6-13-25(22)38-30/h2-6,8-10,13-17H,7,11-12H2,1H3,(H,34,35)(H,31,32,36)/b33-23+. The van der Waals surface area contributed by atoms with Crippen molar-refractivity contribution < 1.29 is 14.0 Å². The number of fused-ring (bicyclic) bond motifs is 2. The average molecular weight is 521 g/mol. The molecule has 0 fully saturated rings. The van der Waals surface area contributed by atoms with Crippen LogP contribution in [0.1, 0.15) is 50.6 Å². The molecule has 0 atom stereocenters. The summed E-state index contributed by atoms with van der Waals surface area (Å²) in [5, 5.41) is 7.83. The monoisotopic (exact) mass is 520 g/mol. The largest absolute Gasteiger partial charge is 0.455 e. The Morgan fingerprint density at radius 2 is 1.63 bits per heavy atom. The molecule has 6 rings (SSSR count). The Balaban J connectivity index is 1.19. The Kier molecular flexibility index (Phi) is 6.31. The van der Waals surface area contributed by atoms with E-state index < -0.39 is 0 Å². The molecule has 2 amide bonds. The molecule has 7 nitrogen and oxygen atoms in total. The van der Waals surface area contributed by atoms with Crippen LogP contribution in [0.3, 0.4) is 0 Å². The van der Waals surface area contributed by atoms with Crippen LogP contribution in [0.2, 0.25) is 0 Å². The molecule has 38 heavy (non-hydrogen) atoms. The lowest BCUT2D eigenvalue weighted by Gasteiger charge is -2.13. The van der Waals surface area contributed by atoms with E-state index in [0.29, 0.717) is 40.6 Å². The van der Waals surface area contributed by atoms with E-state index in [1.807, 2.05) is 73.7 Å². The second-order valence-electron chi connectivity index (χ2n) is 9.09. The van der Waals surface area contributed by atoms with Gasteiger partial charge in [-0.25, -0.2) is 10.4 Å². The molecule has 1 aliphatic rings. The summed E-state index contributed by atoms with van der Waals surface area (Å²) in [5.41, 5.74) is 8.38. The number of aryl methyl sites for hydroxylation is 1. The molecule has 3 aromatic carbocycles. The van der Waals surface area contributed by atoms with E-state index in [1.54, 1.807) is 12.1 Å². The van der Waals surface area contributed by atoms with E-state index >= 15 is 0 Å². The van der Waals surface area contributed by atoms with E-state index in [4.69, 9.17) is 4.42 Å². The number of hydrogen-bond acceptors (Lipinski definition) is 6.